The number of anilines is 3. The molecule has 1 saturated carbocycles. The van der Waals surface area contributed by atoms with E-state index in [1.54, 1.807) is 58.2 Å². The van der Waals surface area contributed by atoms with Crippen molar-refractivity contribution in [3.05, 3.63) is 74.3 Å². The lowest BCUT2D eigenvalue weighted by molar-refractivity contribution is 0.0948. The van der Waals surface area contributed by atoms with Crippen molar-refractivity contribution >= 4 is 46.8 Å². The van der Waals surface area contributed by atoms with Crippen LogP contribution in [0.25, 0.3) is 0 Å². The zero-order valence-electron chi connectivity index (χ0n) is 21.0. The summed E-state index contributed by atoms with van der Waals surface area (Å²) in [5.41, 5.74) is 1.43. The Kier molecular flexibility index (Phi) is 8.31. The highest BCUT2D eigenvalue weighted by atomic mass is 35.5. The molecule has 0 aliphatic heterocycles. The van der Waals surface area contributed by atoms with E-state index in [9.17, 15) is 14.0 Å². The summed E-state index contributed by atoms with van der Waals surface area (Å²) in [6.07, 6.45) is 1.73. The first-order valence-corrected chi connectivity index (χ1v) is 13.1. The topological polar surface area (TPSA) is 96.4 Å². The van der Waals surface area contributed by atoms with E-state index in [0.717, 1.165) is 18.4 Å². The monoisotopic (exact) mass is 545 g/mol. The van der Waals surface area contributed by atoms with Gasteiger partial charge in [0.2, 0.25) is 0 Å². The van der Waals surface area contributed by atoms with Gasteiger partial charge >= 0.3 is 0 Å². The Hall–Kier alpha value is -3.21. The first kappa shape index (κ1) is 26.8. The molecule has 1 amide bonds. The van der Waals surface area contributed by atoms with Gasteiger partial charge in [-0.3, -0.25) is 14.2 Å². The average Bonchev–Trinajstić information content (AvgIpc) is 3.68. The van der Waals surface area contributed by atoms with Gasteiger partial charge in [-0.25, -0.2) is 9.11 Å². The molecule has 4 N–H and O–H groups in total. The summed E-state index contributed by atoms with van der Waals surface area (Å²) in [6, 6.07) is 9.91. The Labute approximate surface area is 224 Å². The number of carbonyl (C=O) groups excluding carboxylic acids is 1. The number of aryl methyl sites for hydroxylation is 1. The van der Waals surface area contributed by atoms with Crippen molar-refractivity contribution in [2.75, 3.05) is 17.1 Å². The molecule has 1 aliphatic rings. The molecule has 11 heteroatoms. The molecule has 0 spiro atoms. The fraction of sp³-hybridized carbons (Fsp3) is 0.308. The summed E-state index contributed by atoms with van der Waals surface area (Å²) in [6.45, 7) is 5.41. The van der Waals surface area contributed by atoms with Gasteiger partial charge in [-0.2, -0.15) is 0 Å². The Morgan fingerprint density at radius 1 is 1.22 bits per heavy atom. The van der Waals surface area contributed by atoms with Crippen molar-refractivity contribution in [3.63, 3.8) is 0 Å². The SMILES string of the molecule is CCn1c(Nc2ccc(C)cc2F)c(C(=O)NC2CC2)c(Oc2cccc(NSNC)c2Cl)c(C)c1=O. The van der Waals surface area contributed by atoms with Crippen LogP contribution in [0.15, 0.2) is 41.2 Å². The highest BCUT2D eigenvalue weighted by Crippen LogP contribution is 2.40. The van der Waals surface area contributed by atoms with Crippen molar-refractivity contribution in [1.82, 2.24) is 14.6 Å². The predicted molar refractivity (Wildman–Crippen MR) is 148 cm³/mol. The van der Waals surface area contributed by atoms with Gasteiger partial charge in [-0.1, -0.05) is 23.7 Å². The van der Waals surface area contributed by atoms with E-state index in [0.29, 0.717) is 5.69 Å². The molecule has 1 heterocycles. The Morgan fingerprint density at radius 3 is 2.62 bits per heavy atom. The number of benzene rings is 2. The maximum atomic E-state index is 14.8. The number of pyridine rings is 1. The summed E-state index contributed by atoms with van der Waals surface area (Å²) in [7, 11) is 1.76. The number of nitrogens with zero attached hydrogens (tertiary/aromatic N) is 1. The molecule has 1 aromatic heterocycles. The molecule has 4 rings (SSSR count). The molecule has 2 aromatic carbocycles. The number of nitrogens with one attached hydrogen (secondary N) is 4. The molecule has 0 bridgehead atoms. The van der Waals surface area contributed by atoms with Crippen LogP contribution in [0.2, 0.25) is 5.02 Å². The summed E-state index contributed by atoms with van der Waals surface area (Å²) >= 11 is 7.82. The van der Waals surface area contributed by atoms with Gasteiger partial charge in [0.25, 0.3) is 11.5 Å². The molecule has 1 aliphatic carbocycles. The molecule has 0 unspecified atom stereocenters. The van der Waals surface area contributed by atoms with Crippen LogP contribution in [-0.2, 0) is 6.54 Å². The van der Waals surface area contributed by atoms with Crippen molar-refractivity contribution in [1.29, 1.82) is 0 Å². The molecule has 0 atom stereocenters. The van der Waals surface area contributed by atoms with Crippen molar-refractivity contribution in [2.24, 2.45) is 0 Å². The second-order valence-corrected chi connectivity index (χ2v) is 9.91. The zero-order chi connectivity index (χ0) is 26.7. The number of halogens is 2. The third-order valence-electron chi connectivity index (χ3n) is 5.91. The van der Waals surface area contributed by atoms with Crippen LogP contribution in [0.3, 0.4) is 0 Å². The van der Waals surface area contributed by atoms with E-state index in [1.807, 2.05) is 0 Å². The second kappa shape index (κ2) is 11.5. The number of rotatable bonds is 10. The quantitative estimate of drug-likeness (QED) is 0.235. The molecule has 196 valence electrons. The van der Waals surface area contributed by atoms with E-state index in [2.05, 4.69) is 20.1 Å². The minimum absolute atomic E-state index is 0.0429. The van der Waals surface area contributed by atoms with Crippen LogP contribution in [0.4, 0.5) is 21.6 Å². The third-order valence-corrected chi connectivity index (χ3v) is 6.83. The maximum Gasteiger partial charge on any atom is 0.259 e. The predicted octanol–water partition coefficient (Wildman–Crippen LogP) is 5.90. The first-order chi connectivity index (χ1) is 17.7. The maximum absolute atomic E-state index is 14.8. The third kappa shape index (κ3) is 5.87. The number of aromatic nitrogens is 1. The van der Waals surface area contributed by atoms with Gasteiger partial charge in [-0.05, 0) is 70.5 Å². The molecule has 3 aromatic rings. The lowest BCUT2D eigenvalue weighted by atomic mass is 10.1. The highest BCUT2D eigenvalue weighted by Gasteiger charge is 2.31. The molecule has 1 fully saturated rings. The standard InChI is InChI=1S/C26H29ClFN5O3S/c1-5-33-24(31-18-12-9-14(2)13-17(18)28)21(25(34)30-16-10-11-16)23(15(3)26(33)35)36-20-8-6-7-19(22(20)27)32-37-29-4/h6-9,12-13,16,29,31-32H,5,10-11H2,1-4H3,(H,30,34). The second-order valence-electron chi connectivity index (χ2n) is 8.71. The fourth-order valence-electron chi connectivity index (χ4n) is 3.82. The molecular formula is C26H29ClFN5O3S. The number of hydrogen-bond acceptors (Lipinski definition) is 7. The van der Waals surface area contributed by atoms with Gasteiger partial charge in [0, 0.05) is 24.7 Å². The van der Waals surface area contributed by atoms with Crippen LogP contribution in [-0.4, -0.2) is 23.6 Å². The van der Waals surface area contributed by atoms with Crippen LogP contribution < -0.4 is 30.4 Å². The molecular weight excluding hydrogens is 517 g/mol. The first-order valence-electron chi connectivity index (χ1n) is 11.9. The van der Waals surface area contributed by atoms with E-state index in [1.165, 1.54) is 22.8 Å². The Balaban J connectivity index is 1.89. The summed E-state index contributed by atoms with van der Waals surface area (Å²) < 4.78 is 28.4. The molecule has 37 heavy (non-hydrogen) atoms. The van der Waals surface area contributed by atoms with E-state index < -0.39 is 11.7 Å². The van der Waals surface area contributed by atoms with Gasteiger partial charge in [0.05, 0.1) is 16.9 Å². The zero-order valence-corrected chi connectivity index (χ0v) is 22.6. The Bertz CT molecular complexity index is 1390. The number of ether oxygens (including phenoxy) is 1. The number of carbonyl (C=O) groups is 1. The fourth-order valence-corrected chi connectivity index (χ4v) is 4.47. The summed E-state index contributed by atoms with van der Waals surface area (Å²) in [5, 5.41) is 6.25. The summed E-state index contributed by atoms with van der Waals surface area (Å²) in [5.74, 6) is -0.467. The number of amides is 1. The lowest BCUT2D eigenvalue weighted by Gasteiger charge is -2.23. The molecule has 0 saturated heterocycles. The van der Waals surface area contributed by atoms with Crippen LogP contribution in [0.5, 0.6) is 11.5 Å². The summed E-state index contributed by atoms with van der Waals surface area (Å²) in [4.78, 5) is 27.0. The van der Waals surface area contributed by atoms with Gasteiger partial charge in [-0.15, -0.1) is 0 Å². The Morgan fingerprint density at radius 2 is 1.97 bits per heavy atom. The van der Waals surface area contributed by atoms with E-state index in [-0.39, 0.29) is 57.3 Å². The molecule has 0 radical (unpaired) electrons. The van der Waals surface area contributed by atoms with E-state index in [4.69, 9.17) is 16.3 Å². The highest BCUT2D eigenvalue weighted by molar-refractivity contribution is 7.98. The van der Waals surface area contributed by atoms with Gasteiger partial charge in [0.15, 0.2) is 5.75 Å². The largest absolute Gasteiger partial charge is 0.454 e. The van der Waals surface area contributed by atoms with Gasteiger partial charge < -0.3 is 20.1 Å². The smallest absolute Gasteiger partial charge is 0.259 e. The van der Waals surface area contributed by atoms with E-state index >= 15 is 0 Å². The minimum Gasteiger partial charge on any atom is -0.454 e. The van der Waals surface area contributed by atoms with Crippen molar-refractivity contribution in [2.45, 2.75) is 46.2 Å². The van der Waals surface area contributed by atoms with Crippen molar-refractivity contribution in [3.8, 4) is 11.5 Å². The number of hydrogen-bond donors (Lipinski definition) is 4. The van der Waals surface area contributed by atoms with Crippen molar-refractivity contribution < 1.29 is 13.9 Å². The lowest BCUT2D eigenvalue weighted by Crippen LogP contribution is -2.32. The average molecular weight is 546 g/mol. The minimum atomic E-state index is -0.504. The van der Waals surface area contributed by atoms with Crippen LogP contribution >= 0.6 is 23.7 Å². The van der Waals surface area contributed by atoms with Crippen LogP contribution in [0.1, 0.15) is 41.3 Å². The molecule has 8 nitrogen and oxygen atoms in total. The van der Waals surface area contributed by atoms with Gasteiger partial charge in [0.1, 0.15) is 28.0 Å². The van der Waals surface area contributed by atoms with Crippen LogP contribution in [0, 0.1) is 19.7 Å². The normalized spacial score (nSPS) is 12.8.